The monoisotopic (exact) mass is 370 g/mol. The lowest BCUT2D eigenvalue weighted by Gasteiger charge is -2.15. The normalized spacial score (nSPS) is 10.6. The summed E-state index contributed by atoms with van der Waals surface area (Å²) >= 11 is 0. The Morgan fingerprint density at radius 2 is 2.11 bits per heavy atom. The number of halogens is 1. The molecule has 0 fully saturated rings. The molecule has 3 aromatic rings. The van der Waals surface area contributed by atoms with Crippen LogP contribution in [0.5, 0.6) is 11.5 Å². The SMILES string of the molecule is CCOC(=O)c1cnc2ccc(F)cc2c1NCc1cccc(OC)c1O. The van der Waals surface area contributed by atoms with Crippen LogP contribution in [0.2, 0.25) is 0 Å². The van der Waals surface area contributed by atoms with Crippen molar-refractivity contribution < 1.29 is 23.8 Å². The van der Waals surface area contributed by atoms with E-state index in [4.69, 9.17) is 9.47 Å². The second kappa shape index (κ2) is 7.90. The number of carbonyl (C=O) groups excluding carboxylic acids is 1. The number of nitrogens with zero attached hydrogens (tertiary/aromatic N) is 1. The van der Waals surface area contributed by atoms with Crippen molar-refractivity contribution in [2.45, 2.75) is 13.5 Å². The number of aromatic nitrogens is 1. The minimum Gasteiger partial charge on any atom is -0.504 e. The van der Waals surface area contributed by atoms with Crippen molar-refractivity contribution in [1.82, 2.24) is 4.98 Å². The predicted molar refractivity (Wildman–Crippen MR) is 99.6 cm³/mol. The van der Waals surface area contributed by atoms with Crippen molar-refractivity contribution in [1.29, 1.82) is 0 Å². The van der Waals surface area contributed by atoms with Gasteiger partial charge in [0.2, 0.25) is 0 Å². The number of fused-ring (bicyclic) bond motifs is 1. The maximum Gasteiger partial charge on any atom is 0.341 e. The number of nitrogens with one attached hydrogen (secondary N) is 1. The van der Waals surface area contributed by atoms with Crippen molar-refractivity contribution in [3.8, 4) is 11.5 Å². The summed E-state index contributed by atoms with van der Waals surface area (Å²) in [5.74, 6) is -0.675. The zero-order valence-corrected chi connectivity index (χ0v) is 15.0. The maximum absolute atomic E-state index is 13.8. The van der Waals surface area contributed by atoms with Gasteiger partial charge in [-0.25, -0.2) is 9.18 Å². The Morgan fingerprint density at radius 3 is 2.85 bits per heavy atom. The van der Waals surface area contributed by atoms with Gasteiger partial charge in [-0.15, -0.1) is 0 Å². The van der Waals surface area contributed by atoms with Crippen LogP contribution in [0.1, 0.15) is 22.8 Å². The fourth-order valence-corrected chi connectivity index (χ4v) is 2.78. The molecule has 27 heavy (non-hydrogen) atoms. The second-order valence-corrected chi connectivity index (χ2v) is 5.75. The van der Waals surface area contributed by atoms with Crippen LogP contribution in [0, 0.1) is 5.82 Å². The van der Waals surface area contributed by atoms with Crippen molar-refractivity contribution in [3.05, 3.63) is 59.5 Å². The molecule has 0 saturated heterocycles. The molecule has 1 heterocycles. The van der Waals surface area contributed by atoms with Crippen LogP contribution < -0.4 is 10.1 Å². The van der Waals surface area contributed by atoms with Gasteiger partial charge in [0.1, 0.15) is 11.4 Å². The standard InChI is InChI=1S/C20H19FN2O4/c1-3-27-20(25)15-11-22-16-8-7-13(21)9-14(16)18(15)23-10-12-5-4-6-17(26-2)19(12)24/h4-9,11,24H,3,10H2,1-2H3,(H,22,23). The van der Waals surface area contributed by atoms with Crippen LogP contribution in [0.4, 0.5) is 10.1 Å². The highest BCUT2D eigenvalue weighted by molar-refractivity contribution is 6.04. The zero-order valence-electron chi connectivity index (χ0n) is 15.0. The first-order valence-corrected chi connectivity index (χ1v) is 8.39. The summed E-state index contributed by atoms with van der Waals surface area (Å²) in [6.45, 7) is 2.09. The number of para-hydroxylation sites is 1. The Kier molecular flexibility index (Phi) is 5.40. The molecule has 2 N–H and O–H groups in total. The van der Waals surface area contributed by atoms with E-state index in [9.17, 15) is 14.3 Å². The topological polar surface area (TPSA) is 80.7 Å². The third kappa shape index (κ3) is 3.76. The molecule has 1 aromatic heterocycles. The molecule has 0 saturated carbocycles. The number of rotatable bonds is 6. The number of phenolic OH excluding ortho intramolecular Hbond substituents is 1. The zero-order chi connectivity index (χ0) is 19.4. The molecule has 0 spiro atoms. The van der Waals surface area contributed by atoms with Crippen molar-refractivity contribution in [2.75, 3.05) is 19.0 Å². The Labute approximate surface area is 155 Å². The molecule has 0 aliphatic heterocycles. The number of hydrogen-bond donors (Lipinski definition) is 2. The summed E-state index contributed by atoms with van der Waals surface area (Å²) in [7, 11) is 1.46. The predicted octanol–water partition coefficient (Wildman–Crippen LogP) is 3.88. The number of phenols is 1. The quantitative estimate of drug-likeness (QED) is 0.641. The lowest BCUT2D eigenvalue weighted by Crippen LogP contribution is -2.11. The summed E-state index contributed by atoms with van der Waals surface area (Å²) < 4.78 is 24.0. The van der Waals surface area contributed by atoms with Crippen LogP contribution in [-0.2, 0) is 11.3 Å². The molecular weight excluding hydrogens is 351 g/mol. The van der Waals surface area contributed by atoms with E-state index in [0.717, 1.165) is 0 Å². The number of aromatic hydroxyl groups is 1. The van der Waals surface area contributed by atoms with Gasteiger partial charge in [0.05, 0.1) is 24.9 Å². The van der Waals surface area contributed by atoms with Crippen molar-refractivity contribution >= 4 is 22.6 Å². The number of ether oxygens (including phenoxy) is 2. The Bertz CT molecular complexity index is 991. The largest absolute Gasteiger partial charge is 0.504 e. The third-order valence-electron chi connectivity index (χ3n) is 4.08. The van der Waals surface area contributed by atoms with Crippen molar-refractivity contribution in [3.63, 3.8) is 0 Å². The van der Waals surface area contributed by atoms with Crippen LogP contribution in [-0.4, -0.2) is 29.8 Å². The van der Waals surface area contributed by atoms with Crippen LogP contribution in [0.3, 0.4) is 0 Å². The van der Waals surface area contributed by atoms with E-state index in [2.05, 4.69) is 10.3 Å². The maximum atomic E-state index is 13.8. The van der Waals surface area contributed by atoms with Crippen LogP contribution in [0.15, 0.2) is 42.6 Å². The Hall–Kier alpha value is -3.35. The smallest absolute Gasteiger partial charge is 0.341 e. The van der Waals surface area contributed by atoms with E-state index in [0.29, 0.717) is 27.9 Å². The van der Waals surface area contributed by atoms with E-state index in [1.807, 2.05) is 0 Å². The Morgan fingerprint density at radius 1 is 1.30 bits per heavy atom. The fourth-order valence-electron chi connectivity index (χ4n) is 2.78. The number of hydrogen-bond acceptors (Lipinski definition) is 6. The van der Waals surface area contributed by atoms with Gasteiger partial charge in [0.25, 0.3) is 0 Å². The minimum atomic E-state index is -0.562. The first kappa shape index (κ1) is 18.4. The lowest BCUT2D eigenvalue weighted by atomic mass is 10.1. The lowest BCUT2D eigenvalue weighted by molar-refractivity contribution is 0.0527. The van der Waals surface area contributed by atoms with Gasteiger partial charge in [0, 0.05) is 23.7 Å². The first-order valence-electron chi connectivity index (χ1n) is 8.39. The van der Waals surface area contributed by atoms with Gasteiger partial charge < -0.3 is 19.9 Å². The molecular formula is C20H19FN2O4. The highest BCUT2D eigenvalue weighted by Gasteiger charge is 2.18. The number of benzene rings is 2. The fraction of sp³-hybridized carbons (Fsp3) is 0.200. The molecule has 0 amide bonds. The summed E-state index contributed by atoms with van der Waals surface area (Å²) in [5.41, 5.74) is 1.67. The minimum absolute atomic E-state index is 0.00488. The van der Waals surface area contributed by atoms with Gasteiger partial charge in [-0.05, 0) is 31.2 Å². The number of esters is 1. The average molecular weight is 370 g/mol. The number of pyridine rings is 1. The van der Waals surface area contributed by atoms with Gasteiger partial charge >= 0.3 is 5.97 Å². The molecule has 7 heteroatoms. The second-order valence-electron chi connectivity index (χ2n) is 5.75. The molecule has 0 aliphatic carbocycles. The molecule has 3 rings (SSSR count). The van der Waals surface area contributed by atoms with E-state index >= 15 is 0 Å². The third-order valence-corrected chi connectivity index (χ3v) is 4.08. The molecule has 2 aromatic carbocycles. The number of anilines is 1. The molecule has 0 aliphatic rings. The van der Waals surface area contributed by atoms with Crippen LogP contribution >= 0.6 is 0 Å². The Balaban J connectivity index is 2.04. The summed E-state index contributed by atoms with van der Waals surface area (Å²) in [4.78, 5) is 16.5. The van der Waals surface area contributed by atoms with Crippen LogP contribution in [0.25, 0.3) is 10.9 Å². The molecule has 6 nitrogen and oxygen atoms in total. The van der Waals surface area contributed by atoms with E-state index in [-0.39, 0.29) is 24.5 Å². The average Bonchev–Trinajstić information content (AvgIpc) is 2.67. The van der Waals surface area contributed by atoms with Gasteiger partial charge in [-0.1, -0.05) is 12.1 Å². The number of carbonyl (C=O) groups is 1. The molecule has 140 valence electrons. The number of methoxy groups -OCH3 is 1. The van der Waals surface area contributed by atoms with E-state index in [1.54, 1.807) is 25.1 Å². The molecule has 0 bridgehead atoms. The highest BCUT2D eigenvalue weighted by Crippen LogP contribution is 2.32. The van der Waals surface area contributed by atoms with Gasteiger partial charge in [-0.3, -0.25) is 4.98 Å². The summed E-state index contributed by atoms with van der Waals surface area (Å²) in [6, 6.07) is 9.24. The van der Waals surface area contributed by atoms with E-state index < -0.39 is 11.8 Å². The highest BCUT2D eigenvalue weighted by atomic mass is 19.1. The van der Waals surface area contributed by atoms with E-state index in [1.165, 1.54) is 31.5 Å². The molecule has 0 radical (unpaired) electrons. The van der Waals surface area contributed by atoms with Gasteiger partial charge in [-0.2, -0.15) is 0 Å². The molecule has 0 atom stereocenters. The van der Waals surface area contributed by atoms with Gasteiger partial charge in [0.15, 0.2) is 11.5 Å². The van der Waals surface area contributed by atoms with Crippen molar-refractivity contribution in [2.24, 2.45) is 0 Å². The summed E-state index contributed by atoms with van der Waals surface area (Å²) in [6.07, 6.45) is 1.39. The first-order chi connectivity index (χ1) is 13.0. The molecule has 0 unspecified atom stereocenters. The summed E-state index contributed by atoms with van der Waals surface area (Å²) in [5, 5.41) is 13.8.